The Morgan fingerprint density at radius 1 is 1.11 bits per heavy atom. The zero-order chi connectivity index (χ0) is 19.8. The molecule has 0 radical (unpaired) electrons. The Morgan fingerprint density at radius 3 is 2.33 bits per heavy atom. The monoisotopic (exact) mass is 373 g/mol. The SMILES string of the molecule is CCC(C)c1ccc2nc(-c3ccc(C(F)(F)F)cc3)cc(C(=O)O)c2c1. The molecule has 3 rings (SSSR count). The van der Waals surface area contributed by atoms with Crippen LogP contribution < -0.4 is 0 Å². The topological polar surface area (TPSA) is 50.2 Å². The van der Waals surface area contributed by atoms with Gasteiger partial charge in [-0.2, -0.15) is 13.2 Å². The van der Waals surface area contributed by atoms with Crippen molar-refractivity contribution in [2.45, 2.75) is 32.4 Å². The van der Waals surface area contributed by atoms with Crippen LogP contribution in [0.2, 0.25) is 0 Å². The van der Waals surface area contributed by atoms with Gasteiger partial charge in [0.05, 0.1) is 22.3 Å². The molecule has 6 heteroatoms. The highest BCUT2D eigenvalue weighted by Crippen LogP contribution is 2.32. The lowest BCUT2D eigenvalue weighted by Gasteiger charge is -2.13. The Hall–Kier alpha value is -2.89. The van der Waals surface area contributed by atoms with Crippen LogP contribution in [0.25, 0.3) is 22.2 Å². The second-order valence-electron chi connectivity index (χ2n) is 6.52. The van der Waals surface area contributed by atoms with Gasteiger partial charge in [0.2, 0.25) is 0 Å². The van der Waals surface area contributed by atoms with E-state index in [0.717, 1.165) is 24.1 Å². The summed E-state index contributed by atoms with van der Waals surface area (Å²) < 4.78 is 38.2. The molecule has 1 heterocycles. The first-order valence-corrected chi connectivity index (χ1v) is 8.56. The molecule has 3 nitrogen and oxygen atoms in total. The lowest BCUT2D eigenvalue weighted by Crippen LogP contribution is -2.04. The van der Waals surface area contributed by atoms with E-state index in [0.29, 0.717) is 22.2 Å². The average molecular weight is 373 g/mol. The molecule has 0 aliphatic carbocycles. The number of hydrogen-bond acceptors (Lipinski definition) is 2. The van der Waals surface area contributed by atoms with Crippen molar-refractivity contribution in [3.8, 4) is 11.3 Å². The van der Waals surface area contributed by atoms with Crippen molar-refractivity contribution in [2.24, 2.45) is 0 Å². The van der Waals surface area contributed by atoms with Crippen molar-refractivity contribution in [3.63, 3.8) is 0 Å². The lowest BCUT2D eigenvalue weighted by atomic mass is 9.95. The second kappa shape index (κ2) is 7.02. The lowest BCUT2D eigenvalue weighted by molar-refractivity contribution is -0.137. The van der Waals surface area contributed by atoms with E-state index in [9.17, 15) is 23.1 Å². The first kappa shape index (κ1) is 18.9. The van der Waals surface area contributed by atoms with E-state index in [1.807, 2.05) is 12.1 Å². The van der Waals surface area contributed by atoms with Crippen LogP contribution in [-0.2, 0) is 6.18 Å². The van der Waals surface area contributed by atoms with Crippen LogP contribution in [0.1, 0.15) is 47.7 Å². The maximum Gasteiger partial charge on any atom is 0.416 e. The Balaban J connectivity index is 2.14. The highest BCUT2D eigenvalue weighted by molar-refractivity contribution is 6.04. The van der Waals surface area contributed by atoms with Gasteiger partial charge < -0.3 is 5.11 Å². The van der Waals surface area contributed by atoms with Gasteiger partial charge in [-0.3, -0.25) is 0 Å². The van der Waals surface area contributed by atoms with Crippen LogP contribution in [0.5, 0.6) is 0 Å². The van der Waals surface area contributed by atoms with Crippen molar-refractivity contribution < 1.29 is 23.1 Å². The zero-order valence-corrected chi connectivity index (χ0v) is 14.8. The fourth-order valence-corrected chi connectivity index (χ4v) is 2.94. The minimum Gasteiger partial charge on any atom is -0.478 e. The Bertz CT molecular complexity index is 995. The maximum atomic E-state index is 12.7. The van der Waals surface area contributed by atoms with E-state index in [-0.39, 0.29) is 11.5 Å². The van der Waals surface area contributed by atoms with E-state index in [2.05, 4.69) is 18.8 Å². The summed E-state index contributed by atoms with van der Waals surface area (Å²) in [5, 5.41) is 10.1. The summed E-state index contributed by atoms with van der Waals surface area (Å²) in [7, 11) is 0. The number of pyridine rings is 1. The third-order valence-corrected chi connectivity index (χ3v) is 4.75. The molecule has 27 heavy (non-hydrogen) atoms. The van der Waals surface area contributed by atoms with E-state index in [4.69, 9.17) is 0 Å². The fraction of sp³-hybridized carbons (Fsp3) is 0.238. The molecule has 1 unspecified atom stereocenters. The van der Waals surface area contributed by atoms with Gasteiger partial charge in [-0.25, -0.2) is 9.78 Å². The van der Waals surface area contributed by atoms with Gasteiger partial charge in [0.25, 0.3) is 0 Å². The van der Waals surface area contributed by atoms with Gasteiger partial charge in [-0.1, -0.05) is 32.0 Å². The molecule has 1 N–H and O–H groups in total. The number of carboxylic acids is 1. The van der Waals surface area contributed by atoms with Gasteiger partial charge in [0.1, 0.15) is 0 Å². The van der Waals surface area contributed by atoms with Crippen molar-refractivity contribution >= 4 is 16.9 Å². The minimum atomic E-state index is -4.42. The molecule has 0 saturated heterocycles. The summed E-state index contributed by atoms with van der Waals surface area (Å²) in [6.07, 6.45) is -3.50. The number of carboxylic acid groups (broad SMARTS) is 1. The van der Waals surface area contributed by atoms with E-state index >= 15 is 0 Å². The number of fused-ring (bicyclic) bond motifs is 1. The first-order chi connectivity index (χ1) is 12.7. The Kier molecular flexibility index (Phi) is 4.91. The van der Waals surface area contributed by atoms with Crippen molar-refractivity contribution in [1.29, 1.82) is 0 Å². The molecule has 0 bridgehead atoms. The van der Waals surface area contributed by atoms with E-state index in [1.165, 1.54) is 18.2 Å². The molecule has 1 aromatic heterocycles. The number of benzene rings is 2. The maximum absolute atomic E-state index is 12.7. The quantitative estimate of drug-likeness (QED) is 0.598. The normalized spacial score (nSPS) is 12.9. The van der Waals surface area contributed by atoms with Crippen LogP contribution in [0.3, 0.4) is 0 Å². The summed E-state index contributed by atoms with van der Waals surface area (Å²) in [5.74, 6) is -0.817. The Morgan fingerprint density at radius 2 is 1.78 bits per heavy atom. The molecule has 0 aliphatic heterocycles. The van der Waals surface area contributed by atoms with Gasteiger partial charge in [-0.05, 0) is 48.2 Å². The molecule has 140 valence electrons. The summed E-state index contributed by atoms with van der Waals surface area (Å²) in [6.45, 7) is 4.12. The van der Waals surface area contributed by atoms with Gasteiger partial charge in [0, 0.05) is 10.9 Å². The molecular formula is C21H18F3NO2. The number of carbonyl (C=O) groups is 1. The van der Waals surface area contributed by atoms with Crippen LogP contribution in [0.4, 0.5) is 13.2 Å². The van der Waals surface area contributed by atoms with Crippen LogP contribution >= 0.6 is 0 Å². The molecule has 3 aromatic rings. The smallest absolute Gasteiger partial charge is 0.416 e. The number of halogens is 3. The standard InChI is InChI=1S/C21H18F3NO2/c1-3-12(2)14-6-9-18-16(10-14)17(20(26)27)11-19(25-18)13-4-7-15(8-5-13)21(22,23)24/h4-12H,3H2,1-2H3,(H,26,27). The summed E-state index contributed by atoms with van der Waals surface area (Å²) in [4.78, 5) is 16.2. The van der Waals surface area contributed by atoms with Crippen molar-refractivity contribution in [1.82, 2.24) is 4.98 Å². The number of aromatic nitrogens is 1. The van der Waals surface area contributed by atoms with Crippen LogP contribution in [0, 0.1) is 0 Å². The van der Waals surface area contributed by atoms with Gasteiger partial charge >= 0.3 is 12.1 Å². The third-order valence-electron chi connectivity index (χ3n) is 4.75. The number of rotatable bonds is 4. The zero-order valence-electron chi connectivity index (χ0n) is 14.8. The summed E-state index contributed by atoms with van der Waals surface area (Å²) in [6, 6.07) is 11.4. The van der Waals surface area contributed by atoms with Gasteiger partial charge in [-0.15, -0.1) is 0 Å². The average Bonchev–Trinajstić information content (AvgIpc) is 2.65. The number of aromatic carboxylic acids is 1. The largest absolute Gasteiger partial charge is 0.478 e. The molecule has 0 aliphatic rings. The summed E-state index contributed by atoms with van der Waals surface area (Å²) in [5.41, 5.74) is 1.60. The molecular weight excluding hydrogens is 355 g/mol. The molecule has 0 saturated carbocycles. The minimum absolute atomic E-state index is 0.0834. The predicted octanol–water partition coefficient (Wildman–Crippen LogP) is 6.13. The first-order valence-electron chi connectivity index (χ1n) is 8.56. The number of hydrogen-bond donors (Lipinski definition) is 1. The highest BCUT2D eigenvalue weighted by Gasteiger charge is 2.30. The molecule has 1 atom stereocenters. The predicted molar refractivity (Wildman–Crippen MR) is 97.8 cm³/mol. The van der Waals surface area contributed by atoms with E-state index < -0.39 is 17.7 Å². The number of nitrogens with zero attached hydrogens (tertiary/aromatic N) is 1. The molecule has 0 fully saturated rings. The highest BCUT2D eigenvalue weighted by atomic mass is 19.4. The molecule has 2 aromatic carbocycles. The molecule has 0 amide bonds. The van der Waals surface area contributed by atoms with Crippen molar-refractivity contribution in [3.05, 3.63) is 65.2 Å². The number of alkyl halides is 3. The Labute approximate surface area is 154 Å². The fourth-order valence-electron chi connectivity index (χ4n) is 2.94. The summed E-state index contributed by atoms with van der Waals surface area (Å²) >= 11 is 0. The van der Waals surface area contributed by atoms with E-state index in [1.54, 1.807) is 6.07 Å². The van der Waals surface area contributed by atoms with Crippen LogP contribution in [0.15, 0.2) is 48.5 Å². The molecule has 0 spiro atoms. The second-order valence-corrected chi connectivity index (χ2v) is 6.52. The van der Waals surface area contributed by atoms with Gasteiger partial charge in [0.15, 0.2) is 0 Å². The van der Waals surface area contributed by atoms with Crippen LogP contribution in [-0.4, -0.2) is 16.1 Å². The van der Waals surface area contributed by atoms with Crippen molar-refractivity contribution in [2.75, 3.05) is 0 Å². The third kappa shape index (κ3) is 3.79.